The number of carbonyl (C=O) groups is 1. The van der Waals surface area contributed by atoms with Crippen molar-refractivity contribution >= 4 is 45.4 Å². The number of nitrogens with zero attached hydrogens (tertiary/aromatic N) is 2. The summed E-state index contributed by atoms with van der Waals surface area (Å²) >= 11 is 7.18. The molecule has 2 aromatic carbocycles. The van der Waals surface area contributed by atoms with Crippen LogP contribution < -0.4 is 10.5 Å². The lowest BCUT2D eigenvalue weighted by molar-refractivity contribution is 0.0988. The van der Waals surface area contributed by atoms with Gasteiger partial charge >= 0.3 is 0 Å². The highest BCUT2D eigenvalue weighted by Crippen LogP contribution is 2.29. The predicted octanol–water partition coefficient (Wildman–Crippen LogP) is 5.21. The van der Waals surface area contributed by atoms with E-state index < -0.39 is 41.0 Å². The Labute approximate surface area is 182 Å². The normalized spacial score (nSPS) is 11.1. The molecule has 1 N–H and O–H groups in total. The van der Waals surface area contributed by atoms with Crippen molar-refractivity contribution in [2.45, 2.75) is 13.5 Å². The minimum atomic E-state index is -1.31. The van der Waals surface area contributed by atoms with Crippen molar-refractivity contribution in [3.05, 3.63) is 90.9 Å². The Hall–Kier alpha value is -3.17. The number of aromatic amines is 1. The van der Waals surface area contributed by atoms with Crippen LogP contribution in [0.15, 0.2) is 46.7 Å². The Morgan fingerprint density at radius 2 is 1.97 bits per heavy atom. The van der Waals surface area contributed by atoms with Gasteiger partial charge in [-0.1, -0.05) is 17.7 Å². The van der Waals surface area contributed by atoms with E-state index in [0.717, 1.165) is 23.5 Å². The summed E-state index contributed by atoms with van der Waals surface area (Å²) in [5.41, 5.74) is 0.355. The Bertz CT molecular complexity index is 1390. The molecule has 0 fully saturated rings. The van der Waals surface area contributed by atoms with Crippen LogP contribution >= 0.6 is 22.9 Å². The smallest absolute Gasteiger partial charge is 0.284 e. The zero-order valence-electron chi connectivity index (χ0n) is 15.9. The maximum atomic E-state index is 14.9. The fraction of sp³-hybridized carbons (Fsp3) is 0.0952. The predicted molar refractivity (Wildman–Crippen MR) is 113 cm³/mol. The number of H-pyrrole nitrogens is 1. The van der Waals surface area contributed by atoms with Crippen LogP contribution in [-0.4, -0.2) is 15.9 Å². The Balaban J connectivity index is 1.92. The van der Waals surface area contributed by atoms with E-state index in [4.69, 9.17) is 11.6 Å². The molecular weight excluding hydrogens is 451 g/mol. The average Bonchev–Trinajstić information content (AvgIpc) is 3.17. The van der Waals surface area contributed by atoms with Crippen molar-refractivity contribution in [1.82, 2.24) is 9.97 Å². The van der Waals surface area contributed by atoms with E-state index in [2.05, 4.69) is 4.98 Å². The molecule has 0 radical (unpaired) electrons. The SMILES string of the molecule is Cc1ncsc1C(=O)N(Cc1c(F)c(=O)[nH]c2c(F)c(F)ccc12)c1cccc(Cl)c1. The number of pyridine rings is 1. The summed E-state index contributed by atoms with van der Waals surface area (Å²) in [5.74, 6) is -4.20. The Morgan fingerprint density at radius 3 is 2.65 bits per heavy atom. The van der Waals surface area contributed by atoms with Gasteiger partial charge in [0, 0.05) is 21.7 Å². The molecule has 0 aliphatic rings. The quantitative estimate of drug-likeness (QED) is 0.452. The molecule has 0 unspecified atom stereocenters. The number of aromatic nitrogens is 2. The molecule has 4 rings (SSSR count). The molecule has 158 valence electrons. The molecule has 31 heavy (non-hydrogen) atoms. The summed E-state index contributed by atoms with van der Waals surface area (Å²) in [7, 11) is 0. The largest absolute Gasteiger partial charge is 0.317 e. The third-order valence-corrected chi connectivity index (χ3v) is 5.90. The molecule has 0 saturated heterocycles. The van der Waals surface area contributed by atoms with Crippen LogP contribution in [0.1, 0.15) is 20.9 Å². The lowest BCUT2D eigenvalue weighted by atomic mass is 10.1. The van der Waals surface area contributed by atoms with E-state index >= 15 is 0 Å². The molecule has 0 spiro atoms. The number of aryl methyl sites for hydroxylation is 1. The van der Waals surface area contributed by atoms with Crippen LogP contribution in [0.5, 0.6) is 0 Å². The molecule has 0 aliphatic heterocycles. The first-order valence-corrected chi connectivity index (χ1v) is 10.2. The molecule has 10 heteroatoms. The maximum absolute atomic E-state index is 14.9. The third kappa shape index (κ3) is 3.82. The van der Waals surface area contributed by atoms with Crippen LogP contribution in [0, 0.1) is 24.4 Å². The van der Waals surface area contributed by atoms with Crippen molar-refractivity contribution in [3.8, 4) is 0 Å². The number of hydrogen-bond acceptors (Lipinski definition) is 4. The number of thiazole rings is 1. The van der Waals surface area contributed by atoms with Crippen LogP contribution in [0.3, 0.4) is 0 Å². The van der Waals surface area contributed by atoms with Gasteiger partial charge in [-0.05, 0) is 37.3 Å². The summed E-state index contributed by atoms with van der Waals surface area (Å²) in [6.45, 7) is 1.23. The second kappa shape index (κ2) is 8.16. The number of rotatable bonds is 4. The lowest BCUT2D eigenvalue weighted by Gasteiger charge is -2.24. The summed E-state index contributed by atoms with van der Waals surface area (Å²) in [4.78, 5) is 33.0. The molecule has 5 nitrogen and oxygen atoms in total. The monoisotopic (exact) mass is 463 g/mol. The molecule has 1 amide bonds. The van der Waals surface area contributed by atoms with Crippen molar-refractivity contribution in [1.29, 1.82) is 0 Å². The van der Waals surface area contributed by atoms with Crippen molar-refractivity contribution < 1.29 is 18.0 Å². The van der Waals surface area contributed by atoms with E-state index in [0.29, 0.717) is 21.3 Å². The molecule has 0 saturated carbocycles. The summed E-state index contributed by atoms with van der Waals surface area (Å²) < 4.78 is 42.8. The highest BCUT2D eigenvalue weighted by Gasteiger charge is 2.26. The van der Waals surface area contributed by atoms with Gasteiger partial charge in [0.15, 0.2) is 17.5 Å². The number of carbonyl (C=O) groups excluding carboxylic acids is 1. The van der Waals surface area contributed by atoms with Gasteiger partial charge in [-0.15, -0.1) is 11.3 Å². The maximum Gasteiger partial charge on any atom is 0.284 e. The van der Waals surface area contributed by atoms with Crippen molar-refractivity contribution in [2.24, 2.45) is 0 Å². The van der Waals surface area contributed by atoms with Gasteiger partial charge in [-0.3, -0.25) is 9.59 Å². The number of fused-ring (bicyclic) bond motifs is 1. The van der Waals surface area contributed by atoms with E-state index in [1.54, 1.807) is 25.1 Å². The first kappa shape index (κ1) is 21.1. The van der Waals surface area contributed by atoms with Gasteiger partial charge in [0.05, 0.1) is 23.3 Å². The van der Waals surface area contributed by atoms with Crippen LogP contribution in [0.4, 0.5) is 18.9 Å². The topological polar surface area (TPSA) is 66.1 Å². The molecule has 0 bridgehead atoms. The van der Waals surface area contributed by atoms with E-state index in [1.165, 1.54) is 16.5 Å². The first-order valence-electron chi connectivity index (χ1n) is 8.93. The van der Waals surface area contributed by atoms with Crippen molar-refractivity contribution in [3.63, 3.8) is 0 Å². The molecule has 2 aromatic heterocycles. The fourth-order valence-electron chi connectivity index (χ4n) is 3.21. The first-order chi connectivity index (χ1) is 14.8. The minimum Gasteiger partial charge on any atom is -0.317 e. The van der Waals surface area contributed by atoms with Gasteiger partial charge in [-0.25, -0.2) is 18.2 Å². The van der Waals surface area contributed by atoms with Crippen LogP contribution in [-0.2, 0) is 6.54 Å². The van der Waals surface area contributed by atoms with Gasteiger partial charge in [0.2, 0.25) is 0 Å². The average molecular weight is 464 g/mol. The van der Waals surface area contributed by atoms with Gasteiger partial charge < -0.3 is 9.88 Å². The highest BCUT2D eigenvalue weighted by atomic mass is 35.5. The summed E-state index contributed by atoms with van der Waals surface area (Å²) in [5, 5.41) is 0.275. The van der Waals surface area contributed by atoms with E-state index in [9.17, 15) is 22.8 Å². The second-order valence-electron chi connectivity index (χ2n) is 6.67. The molecule has 4 aromatic rings. The number of nitrogens with one attached hydrogen (secondary N) is 1. The minimum absolute atomic E-state index is 0.0585. The number of anilines is 1. The number of benzene rings is 2. The summed E-state index contributed by atoms with van der Waals surface area (Å²) in [6.07, 6.45) is 0. The Kier molecular flexibility index (Phi) is 5.55. The zero-order chi connectivity index (χ0) is 22.3. The van der Waals surface area contributed by atoms with Gasteiger partial charge in [0.25, 0.3) is 11.5 Å². The number of amides is 1. The van der Waals surface area contributed by atoms with Crippen LogP contribution in [0.25, 0.3) is 10.9 Å². The lowest BCUT2D eigenvalue weighted by Crippen LogP contribution is -2.32. The fourth-order valence-corrected chi connectivity index (χ4v) is 4.15. The molecule has 0 aliphatic carbocycles. The standard InChI is InChI=1S/C21H13ClF3N3O2S/c1-10-19(31-9-26-10)21(30)28(12-4-2-3-11(22)7-12)8-14-13-5-6-15(23)17(25)18(13)27-20(29)16(14)24/h2-7,9H,8H2,1H3,(H,27,29). The second-order valence-corrected chi connectivity index (χ2v) is 7.96. The van der Waals surface area contributed by atoms with Gasteiger partial charge in [0.1, 0.15) is 4.88 Å². The van der Waals surface area contributed by atoms with Crippen LogP contribution in [0.2, 0.25) is 5.02 Å². The van der Waals surface area contributed by atoms with Crippen molar-refractivity contribution in [2.75, 3.05) is 4.90 Å². The molecule has 0 atom stereocenters. The zero-order valence-corrected chi connectivity index (χ0v) is 17.5. The van der Waals surface area contributed by atoms with E-state index in [1.807, 2.05) is 4.98 Å². The molecular formula is C21H13ClF3N3O2S. The number of halogens is 4. The summed E-state index contributed by atoms with van der Waals surface area (Å²) in [6, 6.07) is 8.29. The van der Waals surface area contributed by atoms with E-state index in [-0.39, 0.29) is 10.9 Å². The number of hydrogen-bond donors (Lipinski definition) is 1. The highest BCUT2D eigenvalue weighted by molar-refractivity contribution is 7.12. The Morgan fingerprint density at radius 1 is 1.19 bits per heavy atom. The third-order valence-electron chi connectivity index (χ3n) is 4.74. The molecule has 2 heterocycles. The van der Waals surface area contributed by atoms with Gasteiger partial charge in [-0.2, -0.15) is 0 Å².